The third-order valence-corrected chi connectivity index (χ3v) is 4.53. The van der Waals surface area contributed by atoms with Gasteiger partial charge in [0.25, 0.3) is 5.69 Å². The first-order chi connectivity index (χ1) is 8.66. The van der Waals surface area contributed by atoms with E-state index in [0.717, 1.165) is 29.8 Å². The molecule has 2 aliphatic rings. The van der Waals surface area contributed by atoms with Crippen molar-refractivity contribution in [3.8, 4) is 0 Å². The Bertz CT molecular complexity index is 494. The highest BCUT2D eigenvalue weighted by Crippen LogP contribution is 2.37. The Labute approximate surface area is 113 Å². The summed E-state index contributed by atoms with van der Waals surface area (Å²) in [6, 6.07) is 5.55. The quantitative estimate of drug-likeness (QED) is 0.671. The molecule has 2 heterocycles. The van der Waals surface area contributed by atoms with Crippen molar-refractivity contribution >= 4 is 27.3 Å². The van der Waals surface area contributed by atoms with Gasteiger partial charge in [0.15, 0.2) is 0 Å². The largest absolute Gasteiger partial charge is 0.366 e. The number of benzene rings is 1. The zero-order valence-electron chi connectivity index (χ0n) is 9.80. The van der Waals surface area contributed by atoms with Gasteiger partial charge in [-0.25, -0.2) is 0 Å². The van der Waals surface area contributed by atoms with Crippen molar-refractivity contribution in [1.29, 1.82) is 0 Å². The lowest BCUT2D eigenvalue weighted by atomic mass is 10.1. The fourth-order valence-electron chi connectivity index (χ4n) is 2.99. The molecule has 0 unspecified atom stereocenters. The maximum atomic E-state index is 10.7. The number of hydrogen-bond acceptors (Lipinski definition) is 4. The molecule has 6 heteroatoms. The first kappa shape index (κ1) is 11.9. The van der Waals surface area contributed by atoms with Gasteiger partial charge in [-0.3, -0.25) is 10.1 Å². The molecule has 0 saturated carbocycles. The molecule has 1 N–H and O–H groups in total. The average molecular weight is 312 g/mol. The number of anilines is 1. The number of nitrogens with zero attached hydrogens (tertiary/aromatic N) is 2. The monoisotopic (exact) mass is 311 g/mol. The van der Waals surface area contributed by atoms with E-state index < -0.39 is 0 Å². The SMILES string of the molecule is O=[N+]([O-])c1ccc(N2CC[C@H]3CNC[C@H]32)c(Br)c1. The van der Waals surface area contributed by atoms with Gasteiger partial charge in [-0.1, -0.05) is 0 Å². The van der Waals surface area contributed by atoms with Crippen molar-refractivity contribution in [2.75, 3.05) is 24.5 Å². The molecule has 0 aliphatic carbocycles. The van der Waals surface area contributed by atoms with Crippen LogP contribution in [0.3, 0.4) is 0 Å². The second-order valence-electron chi connectivity index (χ2n) is 4.86. The number of fused-ring (bicyclic) bond motifs is 1. The van der Waals surface area contributed by atoms with Crippen LogP contribution in [0, 0.1) is 16.0 Å². The number of nitro benzene ring substituents is 1. The number of nitrogens with one attached hydrogen (secondary N) is 1. The van der Waals surface area contributed by atoms with Crippen LogP contribution >= 0.6 is 15.9 Å². The van der Waals surface area contributed by atoms with Crippen LogP contribution in [0.1, 0.15) is 6.42 Å². The summed E-state index contributed by atoms with van der Waals surface area (Å²) in [6.45, 7) is 3.13. The molecule has 18 heavy (non-hydrogen) atoms. The lowest BCUT2D eigenvalue weighted by Gasteiger charge is -2.26. The fraction of sp³-hybridized carbons (Fsp3) is 0.500. The fourth-order valence-corrected chi connectivity index (χ4v) is 3.59. The standard InChI is InChI=1S/C12H14BrN3O2/c13-10-5-9(16(17)18)1-2-11(10)15-4-3-8-6-14-7-12(8)15/h1-2,5,8,12,14H,3-4,6-7H2/t8-,12+/m0/s1. The van der Waals surface area contributed by atoms with Crippen LogP contribution < -0.4 is 10.2 Å². The third-order valence-electron chi connectivity index (χ3n) is 3.90. The minimum absolute atomic E-state index is 0.130. The average Bonchev–Trinajstić information content (AvgIpc) is 2.91. The molecule has 2 fully saturated rings. The van der Waals surface area contributed by atoms with E-state index in [4.69, 9.17) is 0 Å². The Morgan fingerprint density at radius 2 is 2.28 bits per heavy atom. The predicted octanol–water partition coefficient (Wildman–Crippen LogP) is 2.16. The Balaban J connectivity index is 1.90. The second-order valence-corrected chi connectivity index (χ2v) is 5.71. The van der Waals surface area contributed by atoms with E-state index in [1.807, 2.05) is 6.07 Å². The Hall–Kier alpha value is -1.14. The van der Waals surface area contributed by atoms with Gasteiger partial charge >= 0.3 is 0 Å². The molecular formula is C12H14BrN3O2. The molecule has 1 aromatic rings. The van der Waals surface area contributed by atoms with Crippen molar-refractivity contribution in [2.24, 2.45) is 5.92 Å². The topological polar surface area (TPSA) is 58.4 Å². The number of non-ortho nitro benzene ring substituents is 1. The Morgan fingerprint density at radius 1 is 1.44 bits per heavy atom. The first-order valence-electron chi connectivity index (χ1n) is 6.08. The third kappa shape index (κ3) is 1.89. The van der Waals surface area contributed by atoms with E-state index in [2.05, 4.69) is 26.1 Å². The summed E-state index contributed by atoms with van der Waals surface area (Å²) < 4.78 is 0.809. The van der Waals surface area contributed by atoms with Crippen LogP contribution in [0.4, 0.5) is 11.4 Å². The molecule has 0 bridgehead atoms. The van der Waals surface area contributed by atoms with Crippen LogP contribution in [0.25, 0.3) is 0 Å². The molecule has 5 nitrogen and oxygen atoms in total. The smallest absolute Gasteiger partial charge is 0.270 e. The highest BCUT2D eigenvalue weighted by molar-refractivity contribution is 9.10. The molecule has 0 radical (unpaired) electrons. The summed E-state index contributed by atoms with van der Waals surface area (Å²) in [5.74, 6) is 0.715. The molecule has 3 rings (SSSR count). The van der Waals surface area contributed by atoms with E-state index in [1.54, 1.807) is 12.1 Å². The van der Waals surface area contributed by atoms with Crippen LogP contribution in [0.2, 0.25) is 0 Å². The minimum Gasteiger partial charge on any atom is -0.366 e. The highest BCUT2D eigenvalue weighted by Gasteiger charge is 2.38. The van der Waals surface area contributed by atoms with Gasteiger partial charge in [-0.05, 0) is 34.3 Å². The van der Waals surface area contributed by atoms with Gasteiger partial charge in [-0.2, -0.15) is 0 Å². The molecule has 1 aromatic carbocycles. The Morgan fingerprint density at radius 3 is 3.00 bits per heavy atom. The van der Waals surface area contributed by atoms with Crippen LogP contribution in [-0.2, 0) is 0 Å². The lowest BCUT2D eigenvalue weighted by Crippen LogP contribution is -2.34. The van der Waals surface area contributed by atoms with Gasteiger partial charge in [0.1, 0.15) is 0 Å². The van der Waals surface area contributed by atoms with Gasteiger partial charge in [0.2, 0.25) is 0 Å². The van der Waals surface area contributed by atoms with Crippen molar-refractivity contribution in [2.45, 2.75) is 12.5 Å². The molecule has 0 aromatic heterocycles. The number of rotatable bonds is 2. The van der Waals surface area contributed by atoms with Gasteiger partial charge in [-0.15, -0.1) is 0 Å². The van der Waals surface area contributed by atoms with E-state index in [-0.39, 0.29) is 10.6 Å². The van der Waals surface area contributed by atoms with Crippen molar-refractivity contribution < 1.29 is 4.92 Å². The van der Waals surface area contributed by atoms with Crippen LogP contribution in [-0.4, -0.2) is 30.6 Å². The molecular weight excluding hydrogens is 298 g/mol. The maximum Gasteiger partial charge on any atom is 0.270 e. The van der Waals surface area contributed by atoms with Crippen molar-refractivity contribution in [1.82, 2.24) is 5.32 Å². The summed E-state index contributed by atoms with van der Waals surface area (Å²) in [5.41, 5.74) is 1.20. The van der Waals surface area contributed by atoms with E-state index in [1.165, 1.54) is 6.42 Å². The van der Waals surface area contributed by atoms with Crippen LogP contribution in [0.15, 0.2) is 22.7 Å². The van der Waals surface area contributed by atoms with Crippen molar-refractivity contribution in [3.05, 3.63) is 32.8 Å². The Kier molecular flexibility index (Phi) is 2.99. The molecule has 2 atom stereocenters. The highest BCUT2D eigenvalue weighted by atomic mass is 79.9. The summed E-state index contributed by atoms with van der Waals surface area (Å²) in [5, 5.41) is 14.1. The molecule has 96 valence electrons. The molecule has 2 saturated heterocycles. The molecule has 0 spiro atoms. The van der Waals surface area contributed by atoms with E-state index >= 15 is 0 Å². The summed E-state index contributed by atoms with van der Waals surface area (Å²) in [7, 11) is 0. The molecule has 0 amide bonds. The second kappa shape index (κ2) is 4.51. The van der Waals surface area contributed by atoms with Gasteiger partial charge < -0.3 is 10.2 Å². The van der Waals surface area contributed by atoms with Crippen LogP contribution in [0.5, 0.6) is 0 Å². The minimum atomic E-state index is -0.363. The predicted molar refractivity (Wildman–Crippen MR) is 72.9 cm³/mol. The normalized spacial score (nSPS) is 26.4. The number of hydrogen-bond donors (Lipinski definition) is 1. The lowest BCUT2D eigenvalue weighted by molar-refractivity contribution is -0.384. The summed E-state index contributed by atoms with van der Waals surface area (Å²) >= 11 is 3.46. The van der Waals surface area contributed by atoms with E-state index in [9.17, 15) is 10.1 Å². The van der Waals surface area contributed by atoms with E-state index in [0.29, 0.717) is 12.0 Å². The zero-order valence-corrected chi connectivity index (χ0v) is 11.4. The van der Waals surface area contributed by atoms with Crippen molar-refractivity contribution in [3.63, 3.8) is 0 Å². The maximum absolute atomic E-state index is 10.7. The van der Waals surface area contributed by atoms with Gasteiger partial charge in [0.05, 0.1) is 10.6 Å². The number of nitro groups is 1. The first-order valence-corrected chi connectivity index (χ1v) is 6.87. The van der Waals surface area contributed by atoms with Gasteiger partial charge in [0, 0.05) is 42.3 Å². The zero-order chi connectivity index (χ0) is 12.7. The summed E-state index contributed by atoms with van der Waals surface area (Å²) in [4.78, 5) is 12.7. The molecule has 2 aliphatic heterocycles. The number of halogens is 1. The summed E-state index contributed by atoms with van der Waals surface area (Å²) in [6.07, 6.45) is 1.20.